The molecule has 2 atom stereocenters. The number of nitrogens with one attached hydrogen (secondary N) is 1. The number of thioether (sulfide) groups is 2. The van der Waals surface area contributed by atoms with Crippen LogP contribution >= 0.6 is 23.5 Å². The predicted octanol–water partition coefficient (Wildman–Crippen LogP) is 1.92. The third-order valence-corrected chi connectivity index (χ3v) is 5.63. The van der Waals surface area contributed by atoms with Gasteiger partial charge in [-0.05, 0) is 6.92 Å². The predicted molar refractivity (Wildman–Crippen MR) is 73.2 cm³/mol. The molecule has 1 aromatic heterocycles. The van der Waals surface area contributed by atoms with E-state index in [0.717, 1.165) is 17.6 Å². The van der Waals surface area contributed by atoms with Crippen LogP contribution in [0.2, 0.25) is 0 Å². The fourth-order valence-corrected chi connectivity index (χ4v) is 4.47. The molecule has 1 aromatic rings. The lowest BCUT2D eigenvalue weighted by atomic mass is 10.3. The zero-order valence-corrected chi connectivity index (χ0v) is 11.5. The van der Waals surface area contributed by atoms with Crippen LogP contribution in [0.15, 0.2) is 12.4 Å². The van der Waals surface area contributed by atoms with Crippen LogP contribution in [-0.4, -0.2) is 38.6 Å². The zero-order chi connectivity index (χ0) is 11.4. The maximum absolute atomic E-state index is 4.37. The fraction of sp³-hybridized carbons (Fsp3) is 0.727. The molecule has 0 bridgehead atoms. The van der Waals surface area contributed by atoms with Gasteiger partial charge in [-0.3, -0.25) is 0 Å². The highest BCUT2D eigenvalue weighted by Crippen LogP contribution is 2.23. The maximum Gasteiger partial charge on any atom is 0.125 e. The Bertz CT molecular complexity index is 321. The Morgan fingerprint density at radius 2 is 2.50 bits per heavy atom. The Kier molecular flexibility index (Phi) is 4.61. The minimum atomic E-state index is 0.340. The van der Waals surface area contributed by atoms with Crippen LogP contribution in [0.4, 0.5) is 0 Å². The lowest BCUT2D eigenvalue weighted by Gasteiger charge is -2.23. The first kappa shape index (κ1) is 12.3. The Morgan fingerprint density at radius 3 is 3.12 bits per heavy atom. The standard InChI is InChI=1S/C11H19N3S2/c1-9(11-12-3-4-14(11)2)13-7-10-8-15-5-6-16-10/h3-4,9-10,13H,5-8H2,1-2H3. The molecule has 90 valence electrons. The summed E-state index contributed by atoms with van der Waals surface area (Å²) in [6.07, 6.45) is 3.86. The summed E-state index contributed by atoms with van der Waals surface area (Å²) in [4.78, 5) is 4.37. The minimum Gasteiger partial charge on any atom is -0.337 e. The Hall–Kier alpha value is -0.130. The van der Waals surface area contributed by atoms with Gasteiger partial charge in [0.25, 0.3) is 0 Å². The number of aromatic nitrogens is 2. The molecule has 1 aliphatic rings. The number of hydrogen-bond donors (Lipinski definition) is 1. The fourth-order valence-electron chi connectivity index (χ4n) is 1.85. The summed E-state index contributed by atoms with van der Waals surface area (Å²) in [5, 5.41) is 4.34. The van der Waals surface area contributed by atoms with Crippen LogP contribution in [0.1, 0.15) is 18.8 Å². The largest absolute Gasteiger partial charge is 0.337 e. The normalized spacial score (nSPS) is 23.2. The molecule has 2 heterocycles. The molecule has 0 aromatic carbocycles. The van der Waals surface area contributed by atoms with Crippen LogP contribution in [0.3, 0.4) is 0 Å². The summed E-state index contributed by atoms with van der Waals surface area (Å²) in [6.45, 7) is 3.27. The Morgan fingerprint density at radius 1 is 1.62 bits per heavy atom. The average Bonchev–Trinajstić information content (AvgIpc) is 2.74. The van der Waals surface area contributed by atoms with Gasteiger partial charge in [0.2, 0.25) is 0 Å². The molecule has 0 amide bonds. The van der Waals surface area contributed by atoms with E-state index in [2.05, 4.69) is 45.3 Å². The van der Waals surface area contributed by atoms with Crippen molar-refractivity contribution < 1.29 is 0 Å². The van der Waals surface area contributed by atoms with Gasteiger partial charge in [-0.25, -0.2) is 4.98 Å². The van der Waals surface area contributed by atoms with Gasteiger partial charge < -0.3 is 9.88 Å². The SMILES string of the molecule is CC(NCC1CSCCS1)c1nccn1C. The van der Waals surface area contributed by atoms with Crippen LogP contribution < -0.4 is 5.32 Å². The molecule has 1 aliphatic heterocycles. The molecule has 0 spiro atoms. The van der Waals surface area contributed by atoms with Crippen LogP contribution in [0.25, 0.3) is 0 Å². The first-order valence-corrected chi connectivity index (χ1v) is 7.87. The minimum absolute atomic E-state index is 0.340. The van der Waals surface area contributed by atoms with Gasteiger partial charge in [-0.2, -0.15) is 23.5 Å². The van der Waals surface area contributed by atoms with Crippen molar-refractivity contribution in [2.24, 2.45) is 7.05 Å². The van der Waals surface area contributed by atoms with E-state index in [1.54, 1.807) is 0 Å². The second-order valence-electron chi connectivity index (χ2n) is 4.09. The zero-order valence-electron chi connectivity index (χ0n) is 9.85. The van der Waals surface area contributed by atoms with Crippen LogP contribution in [0.5, 0.6) is 0 Å². The highest BCUT2D eigenvalue weighted by molar-refractivity contribution is 8.06. The van der Waals surface area contributed by atoms with Crippen molar-refractivity contribution in [2.75, 3.05) is 23.8 Å². The van der Waals surface area contributed by atoms with Crippen molar-refractivity contribution in [1.29, 1.82) is 0 Å². The van der Waals surface area contributed by atoms with Gasteiger partial charge >= 0.3 is 0 Å². The molecule has 16 heavy (non-hydrogen) atoms. The summed E-state index contributed by atoms with van der Waals surface area (Å²) >= 11 is 4.17. The molecule has 0 saturated carbocycles. The maximum atomic E-state index is 4.37. The molecular formula is C11H19N3S2. The molecule has 2 rings (SSSR count). The lowest BCUT2D eigenvalue weighted by Crippen LogP contribution is -2.31. The molecule has 5 heteroatoms. The number of nitrogens with zero attached hydrogens (tertiary/aromatic N) is 2. The Labute approximate surface area is 106 Å². The molecular weight excluding hydrogens is 238 g/mol. The van der Waals surface area contributed by atoms with Crippen LogP contribution in [0, 0.1) is 0 Å². The third-order valence-electron chi connectivity index (χ3n) is 2.78. The Balaban J connectivity index is 1.79. The van der Waals surface area contributed by atoms with E-state index in [-0.39, 0.29) is 0 Å². The van der Waals surface area contributed by atoms with Gasteiger partial charge in [-0.1, -0.05) is 0 Å². The summed E-state index contributed by atoms with van der Waals surface area (Å²) < 4.78 is 2.08. The topological polar surface area (TPSA) is 29.9 Å². The number of aryl methyl sites for hydroxylation is 1. The van der Waals surface area contributed by atoms with E-state index in [1.165, 1.54) is 17.3 Å². The third kappa shape index (κ3) is 3.18. The van der Waals surface area contributed by atoms with Crippen molar-refractivity contribution in [3.05, 3.63) is 18.2 Å². The molecule has 0 aliphatic carbocycles. The van der Waals surface area contributed by atoms with Gasteiger partial charge in [0.05, 0.1) is 6.04 Å². The van der Waals surface area contributed by atoms with E-state index in [9.17, 15) is 0 Å². The van der Waals surface area contributed by atoms with E-state index in [0.29, 0.717) is 6.04 Å². The highest BCUT2D eigenvalue weighted by atomic mass is 32.2. The van der Waals surface area contributed by atoms with Crippen molar-refractivity contribution in [3.63, 3.8) is 0 Å². The number of imidazole rings is 1. The average molecular weight is 257 g/mol. The number of rotatable bonds is 4. The smallest absolute Gasteiger partial charge is 0.125 e. The summed E-state index contributed by atoms with van der Waals surface area (Å²) in [5.41, 5.74) is 0. The molecule has 2 unspecified atom stereocenters. The van der Waals surface area contributed by atoms with Gasteiger partial charge in [0.15, 0.2) is 0 Å². The number of hydrogen-bond acceptors (Lipinski definition) is 4. The second kappa shape index (κ2) is 5.98. The van der Waals surface area contributed by atoms with E-state index >= 15 is 0 Å². The molecule has 1 fully saturated rings. The summed E-state index contributed by atoms with van der Waals surface area (Å²) in [5.74, 6) is 5.02. The first-order valence-electron chi connectivity index (χ1n) is 5.67. The van der Waals surface area contributed by atoms with Crippen molar-refractivity contribution in [1.82, 2.24) is 14.9 Å². The van der Waals surface area contributed by atoms with Crippen molar-refractivity contribution >= 4 is 23.5 Å². The lowest BCUT2D eigenvalue weighted by molar-refractivity contribution is 0.533. The van der Waals surface area contributed by atoms with E-state index in [4.69, 9.17) is 0 Å². The first-order chi connectivity index (χ1) is 7.77. The molecule has 1 saturated heterocycles. The monoisotopic (exact) mass is 257 g/mol. The quantitative estimate of drug-likeness (QED) is 0.892. The molecule has 1 N–H and O–H groups in total. The summed E-state index contributed by atoms with van der Waals surface area (Å²) in [7, 11) is 2.05. The second-order valence-corrected chi connectivity index (χ2v) is 6.65. The van der Waals surface area contributed by atoms with Gasteiger partial charge in [-0.15, -0.1) is 0 Å². The van der Waals surface area contributed by atoms with Crippen molar-refractivity contribution in [2.45, 2.75) is 18.2 Å². The van der Waals surface area contributed by atoms with Crippen molar-refractivity contribution in [3.8, 4) is 0 Å². The van der Waals surface area contributed by atoms with E-state index < -0.39 is 0 Å². The molecule has 3 nitrogen and oxygen atoms in total. The van der Waals surface area contributed by atoms with Gasteiger partial charge in [0.1, 0.15) is 5.82 Å². The highest BCUT2D eigenvalue weighted by Gasteiger charge is 2.16. The van der Waals surface area contributed by atoms with Gasteiger partial charge in [0, 0.05) is 48.5 Å². The summed E-state index contributed by atoms with van der Waals surface area (Å²) in [6, 6.07) is 0.340. The van der Waals surface area contributed by atoms with Crippen LogP contribution in [-0.2, 0) is 7.05 Å². The molecule has 0 radical (unpaired) electrons. The van der Waals surface area contributed by atoms with E-state index in [1.807, 2.05) is 19.4 Å².